The number of fused-ring (bicyclic) bond motifs is 1. The highest BCUT2D eigenvalue weighted by Crippen LogP contribution is 2.19. The average Bonchev–Trinajstić information content (AvgIpc) is 2.71. The number of pyridine rings is 1. The molecular formula is C12H17N3O. The first-order valence-corrected chi connectivity index (χ1v) is 5.40. The molecule has 0 saturated carbocycles. The Balaban J connectivity index is 2.34. The third-order valence-electron chi connectivity index (χ3n) is 2.80. The molecule has 4 nitrogen and oxygen atoms in total. The molecule has 4 heteroatoms. The smallest absolute Gasteiger partial charge is 0.213 e. The minimum Gasteiger partial charge on any atom is -0.481 e. The number of ether oxygens (including phenoxy) is 1. The lowest BCUT2D eigenvalue weighted by Gasteiger charge is -2.12. The van der Waals surface area contributed by atoms with E-state index in [0.29, 0.717) is 11.9 Å². The largest absolute Gasteiger partial charge is 0.481 e. The van der Waals surface area contributed by atoms with Gasteiger partial charge in [-0.3, -0.25) is 0 Å². The highest BCUT2D eigenvalue weighted by atomic mass is 16.5. The number of hydrogen-bond donors (Lipinski definition) is 1. The summed E-state index contributed by atoms with van der Waals surface area (Å²) in [5, 5.41) is 4.39. The van der Waals surface area contributed by atoms with Crippen molar-refractivity contribution in [3.8, 4) is 5.88 Å². The van der Waals surface area contributed by atoms with Crippen LogP contribution < -0.4 is 10.1 Å². The Bertz CT molecular complexity index is 478. The minimum atomic E-state index is 0.442. The summed E-state index contributed by atoms with van der Waals surface area (Å²) < 4.78 is 7.30. The minimum absolute atomic E-state index is 0.442. The van der Waals surface area contributed by atoms with Crippen molar-refractivity contribution >= 4 is 10.9 Å². The van der Waals surface area contributed by atoms with Crippen molar-refractivity contribution in [3.63, 3.8) is 0 Å². The van der Waals surface area contributed by atoms with Crippen LogP contribution in [0.1, 0.15) is 6.92 Å². The highest BCUT2D eigenvalue weighted by Gasteiger charge is 2.05. The maximum atomic E-state index is 5.10. The van der Waals surface area contributed by atoms with Gasteiger partial charge in [-0.05, 0) is 20.0 Å². The van der Waals surface area contributed by atoms with Gasteiger partial charge in [0.2, 0.25) is 5.88 Å². The van der Waals surface area contributed by atoms with E-state index in [1.165, 1.54) is 0 Å². The molecule has 1 N–H and O–H groups in total. The van der Waals surface area contributed by atoms with Crippen LogP contribution in [0.2, 0.25) is 0 Å². The molecule has 0 radical (unpaired) electrons. The van der Waals surface area contributed by atoms with Gasteiger partial charge in [0, 0.05) is 30.2 Å². The van der Waals surface area contributed by atoms with E-state index in [0.717, 1.165) is 17.4 Å². The highest BCUT2D eigenvalue weighted by molar-refractivity contribution is 5.80. The molecule has 0 fully saturated rings. The third kappa shape index (κ3) is 2.02. The van der Waals surface area contributed by atoms with Crippen molar-refractivity contribution in [1.29, 1.82) is 0 Å². The molecule has 1 atom stereocenters. The summed E-state index contributed by atoms with van der Waals surface area (Å²) >= 11 is 0. The van der Waals surface area contributed by atoms with E-state index in [9.17, 15) is 0 Å². The monoisotopic (exact) mass is 219 g/mol. The number of methoxy groups -OCH3 is 1. The number of aromatic nitrogens is 2. The summed E-state index contributed by atoms with van der Waals surface area (Å²) in [5.41, 5.74) is 1.14. The molecule has 1 unspecified atom stereocenters. The summed E-state index contributed by atoms with van der Waals surface area (Å²) in [6.45, 7) is 3.09. The van der Waals surface area contributed by atoms with E-state index in [1.807, 2.05) is 19.3 Å². The lowest BCUT2D eigenvalue weighted by atomic mass is 10.3. The van der Waals surface area contributed by atoms with Gasteiger partial charge in [0.25, 0.3) is 0 Å². The van der Waals surface area contributed by atoms with Gasteiger partial charge in [-0.2, -0.15) is 0 Å². The van der Waals surface area contributed by atoms with Gasteiger partial charge < -0.3 is 14.6 Å². The Kier molecular flexibility index (Phi) is 3.10. The van der Waals surface area contributed by atoms with Crippen LogP contribution in [-0.2, 0) is 6.54 Å². The number of hydrogen-bond acceptors (Lipinski definition) is 3. The maximum absolute atomic E-state index is 5.10. The predicted octanol–water partition coefficient (Wildman–Crippen LogP) is 1.65. The summed E-state index contributed by atoms with van der Waals surface area (Å²) in [4.78, 5) is 4.23. The average molecular weight is 219 g/mol. The lowest BCUT2D eigenvalue weighted by molar-refractivity contribution is 0.398. The molecule has 0 aromatic carbocycles. The fraction of sp³-hybridized carbons (Fsp3) is 0.417. The molecule has 2 rings (SSSR count). The van der Waals surface area contributed by atoms with E-state index in [1.54, 1.807) is 7.11 Å². The SMILES string of the molecule is CNC(C)Cn1ccc2cc(OC)ncc21. The van der Waals surface area contributed by atoms with Crippen molar-refractivity contribution in [2.75, 3.05) is 14.2 Å². The van der Waals surface area contributed by atoms with Crippen LogP contribution in [0.5, 0.6) is 5.88 Å². The van der Waals surface area contributed by atoms with Crippen molar-refractivity contribution in [1.82, 2.24) is 14.9 Å². The summed E-state index contributed by atoms with van der Waals surface area (Å²) in [6.07, 6.45) is 3.94. The van der Waals surface area contributed by atoms with Gasteiger partial charge in [0.1, 0.15) is 0 Å². The molecule has 2 heterocycles. The Hall–Kier alpha value is -1.55. The van der Waals surface area contributed by atoms with Crippen LogP contribution in [0.25, 0.3) is 10.9 Å². The number of nitrogens with zero attached hydrogens (tertiary/aromatic N) is 2. The first-order valence-electron chi connectivity index (χ1n) is 5.40. The normalized spacial score (nSPS) is 12.9. The number of rotatable bonds is 4. The fourth-order valence-corrected chi connectivity index (χ4v) is 1.72. The van der Waals surface area contributed by atoms with Gasteiger partial charge in [-0.1, -0.05) is 0 Å². The second-order valence-corrected chi connectivity index (χ2v) is 3.94. The van der Waals surface area contributed by atoms with Crippen molar-refractivity contribution in [2.24, 2.45) is 0 Å². The molecular weight excluding hydrogens is 202 g/mol. The lowest BCUT2D eigenvalue weighted by Crippen LogP contribution is -2.26. The summed E-state index contributed by atoms with van der Waals surface area (Å²) in [6, 6.07) is 4.48. The van der Waals surface area contributed by atoms with Crippen LogP contribution >= 0.6 is 0 Å². The molecule has 0 bridgehead atoms. The standard InChI is InChI=1S/C12H17N3O/c1-9(13-2)8-15-5-4-10-6-12(16-3)14-7-11(10)15/h4-7,9,13H,8H2,1-3H3. The summed E-state index contributed by atoms with van der Waals surface area (Å²) in [7, 11) is 3.60. The Morgan fingerprint density at radius 2 is 2.38 bits per heavy atom. The molecule has 2 aromatic heterocycles. The molecule has 0 spiro atoms. The van der Waals surface area contributed by atoms with Crippen LogP contribution in [-0.4, -0.2) is 29.8 Å². The second kappa shape index (κ2) is 4.53. The zero-order valence-electron chi connectivity index (χ0n) is 9.90. The Labute approximate surface area is 95.2 Å². The van der Waals surface area contributed by atoms with Gasteiger partial charge in [0.05, 0.1) is 18.8 Å². The molecule has 0 amide bonds. The van der Waals surface area contributed by atoms with Crippen LogP contribution in [0, 0.1) is 0 Å². The first-order chi connectivity index (χ1) is 7.74. The van der Waals surface area contributed by atoms with E-state index in [2.05, 4.69) is 34.1 Å². The predicted molar refractivity (Wildman–Crippen MR) is 64.8 cm³/mol. The van der Waals surface area contributed by atoms with E-state index >= 15 is 0 Å². The molecule has 0 aliphatic heterocycles. The van der Waals surface area contributed by atoms with Crippen LogP contribution in [0.4, 0.5) is 0 Å². The maximum Gasteiger partial charge on any atom is 0.213 e. The van der Waals surface area contributed by atoms with Crippen molar-refractivity contribution in [3.05, 3.63) is 24.5 Å². The number of likely N-dealkylation sites (N-methyl/N-ethyl adjacent to an activating group) is 1. The third-order valence-corrected chi connectivity index (χ3v) is 2.80. The Morgan fingerprint density at radius 1 is 1.56 bits per heavy atom. The summed E-state index contributed by atoms with van der Waals surface area (Å²) in [5.74, 6) is 0.659. The molecule has 16 heavy (non-hydrogen) atoms. The van der Waals surface area contributed by atoms with E-state index < -0.39 is 0 Å². The molecule has 0 aliphatic rings. The van der Waals surface area contributed by atoms with Crippen LogP contribution in [0.15, 0.2) is 24.5 Å². The van der Waals surface area contributed by atoms with Gasteiger partial charge >= 0.3 is 0 Å². The van der Waals surface area contributed by atoms with Crippen LogP contribution in [0.3, 0.4) is 0 Å². The van der Waals surface area contributed by atoms with Gasteiger partial charge in [0.15, 0.2) is 0 Å². The molecule has 0 saturated heterocycles. The molecule has 2 aromatic rings. The number of nitrogens with one attached hydrogen (secondary N) is 1. The zero-order valence-corrected chi connectivity index (χ0v) is 9.90. The van der Waals surface area contributed by atoms with E-state index in [-0.39, 0.29) is 0 Å². The van der Waals surface area contributed by atoms with E-state index in [4.69, 9.17) is 4.74 Å². The molecule has 86 valence electrons. The van der Waals surface area contributed by atoms with Gasteiger partial charge in [-0.15, -0.1) is 0 Å². The first kappa shape index (κ1) is 11.0. The topological polar surface area (TPSA) is 39.1 Å². The fourth-order valence-electron chi connectivity index (χ4n) is 1.72. The quantitative estimate of drug-likeness (QED) is 0.850. The van der Waals surface area contributed by atoms with Gasteiger partial charge in [-0.25, -0.2) is 4.98 Å². The van der Waals surface area contributed by atoms with Crippen molar-refractivity contribution in [2.45, 2.75) is 19.5 Å². The van der Waals surface area contributed by atoms with Crippen molar-refractivity contribution < 1.29 is 4.74 Å². The molecule has 0 aliphatic carbocycles. The zero-order chi connectivity index (χ0) is 11.5. The Morgan fingerprint density at radius 3 is 3.06 bits per heavy atom. The second-order valence-electron chi connectivity index (χ2n) is 3.94.